The quantitative estimate of drug-likeness (QED) is 0.676. The Labute approximate surface area is 141 Å². The molecule has 3 N–H and O–H groups in total. The lowest BCUT2D eigenvalue weighted by Gasteiger charge is -2.61. The summed E-state index contributed by atoms with van der Waals surface area (Å²) >= 11 is 0. The van der Waals surface area contributed by atoms with Crippen LogP contribution in [-0.4, -0.2) is 33.1 Å². The molecule has 0 aromatic heterocycles. The molecule has 2 saturated carbocycles. The first-order valence-corrected chi connectivity index (χ1v) is 9.20. The van der Waals surface area contributed by atoms with E-state index in [4.69, 9.17) is 0 Å². The minimum absolute atomic E-state index is 0.0225. The molecule has 3 nitrogen and oxygen atoms in total. The van der Waals surface area contributed by atoms with Crippen LogP contribution in [0.5, 0.6) is 0 Å². The Kier molecular flexibility index (Phi) is 5.08. The minimum atomic E-state index is -0.881. The summed E-state index contributed by atoms with van der Waals surface area (Å²) in [5.74, 6) is 0.582. The molecule has 6 atom stereocenters. The summed E-state index contributed by atoms with van der Waals surface area (Å²) in [5, 5.41) is 31.4. The van der Waals surface area contributed by atoms with Crippen LogP contribution in [0.2, 0.25) is 0 Å². The molecule has 0 aromatic rings. The molecule has 0 spiro atoms. The molecular weight excluding hydrogens is 288 g/mol. The Bertz CT molecular complexity index is 442. The average Bonchev–Trinajstić information content (AvgIpc) is 2.45. The zero-order valence-electron chi connectivity index (χ0n) is 15.4. The molecule has 0 unspecified atom stereocenters. The summed E-state index contributed by atoms with van der Waals surface area (Å²) in [6, 6.07) is 0. The van der Waals surface area contributed by atoms with Crippen LogP contribution in [0.4, 0.5) is 0 Å². The Hall–Kier alpha value is -0.380. The predicted octanol–water partition coefficient (Wildman–Crippen LogP) is 3.67. The number of aliphatic hydroxyl groups excluding tert-OH is 1. The van der Waals surface area contributed by atoms with Crippen LogP contribution >= 0.6 is 0 Å². The van der Waals surface area contributed by atoms with Gasteiger partial charge in [-0.15, -0.1) is 6.58 Å². The molecule has 0 aromatic carbocycles. The fraction of sp³-hybridized carbons (Fsp3) is 0.900. The van der Waals surface area contributed by atoms with Crippen molar-refractivity contribution in [3.05, 3.63) is 12.7 Å². The fourth-order valence-electron chi connectivity index (χ4n) is 5.80. The molecule has 134 valence electrons. The predicted molar refractivity (Wildman–Crippen MR) is 94.0 cm³/mol. The van der Waals surface area contributed by atoms with Crippen molar-refractivity contribution in [3.63, 3.8) is 0 Å². The molecule has 2 aliphatic rings. The lowest BCUT2D eigenvalue weighted by atomic mass is 9.45. The molecule has 0 aliphatic heterocycles. The molecule has 0 amide bonds. The summed E-state index contributed by atoms with van der Waals surface area (Å²) in [4.78, 5) is 0. The van der Waals surface area contributed by atoms with Crippen molar-refractivity contribution in [1.29, 1.82) is 0 Å². The lowest BCUT2D eigenvalue weighted by Crippen LogP contribution is -2.59. The number of hydrogen-bond acceptors (Lipinski definition) is 3. The lowest BCUT2D eigenvalue weighted by molar-refractivity contribution is -0.182. The Morgan fingerprint density at radius 1 is 1.22 bits per heavy atom. The average molecular weight is 325 g/mol. The number of fused-ring (bicyclic) bond motifs is 1. The van der Waals surface area contributed by atoms with E-state index in [0.29, 0.717) is 12.3 Å². The Balaban J connectivity index is 2.30. The molecule has 2 aliphatic carbocycles. The molecule has 2 rings (SSSR count). The van der Waals surface area contributed by atoms with Gasteiger partial charge in [0.05, 0.1) is 11.2 Å². The van der Waals surface area contributed by atoms with E-state index in [1.165, 1.54) is 0 Å². The molecular formula is C20H36O3. The third kappa shape index (κ3) is 3.38. The van der Waals surface area contributed by atoms with Gasteiger partial charge >= 0.3 is 0 Å². The van der Waals surface area contributed by atoms with Crippen LogP contribution in [0.1, 0.15) is 72.6 Å². The van der Waals surface area contributed by atoms with Gasteiger partial charge in [-0.25, -0.2) is 0 Å². The maximum absolute atomic E-state index is 11.1. The van der Waals surface area contributed by atoms with E-state index in [1.54, 1.807) is 13.0 Å². The van der Waals surface area contributed by atoms with Crippen molar-refractivity contribution in [2.24, 2.45) is 22.7 Å². The van der Waals surface area contributed by atoms with Gasteiger partial charge in [0.2, 0.25) is 0 Å². The number of aliphatic hydroxyl groups is 3. The van der Waals surface area contributed by atoms with Crippen molar-refractivity contribution in [1.82, 2.24) is 0 Å². The highest BCUT2D eigenvalue weighted by atomic mass is 16.3. The summed E-state index contributed by atoms with van der Waals surface area (Å²) in [6.45, 7) is 12.2. The minimum Gasteiger partial charge on any atom is -0.396 e. The first kappa shape index (κ1) is 19.0. The van der Waals surface area contributed by atoms with Crippen molar-refractivity contribution in [2.75, 3.05) is 6.61 Å². The van der Waals surface area contributed by atoms with Crippen LogP contribution in [0.3, 0.4) is 0 Å². The van der Waals surface area contributed by atoms with Gasteiger partial charge in [0, 0.05) is 6.61 Å². The Morgan fingerprint density at radius 3 is 2.43 bits per heavy atom. The highest BCUT2D eigenvalue weighted by molar-refractivity contribution is 5.09. The number of rotatable bonds is 5. The second-order valence-electron chi connectivity index (χ2n) is 9.27. The van der Waals surface area contributed by atoms with Crippen LogP contribution < -0.4 is 0 Å². The van der Waals surface area contributed by atoms with Crippen molar-refractivity contribution >= 4 is 0 Å². The zero-order valence-corrected chi connectivity index (χ0v) is 15.4. The maximum atomic E-state index is 11.1. The van der Waals surface area contributed by atoms with E-state index in [1.807, 2.05) is 6.92 Å². The van der Waals surface area contributed by atoms with Crippen LogP contribution in [-0.2, 0) is 0 Å². The highest BCUT2D eigenvalue weighted by Gasteiger charge is 2.58. The molecule has 0 bridgehead atoms. The van der Waals surface area contributed by atoms with E-state index in [2.05, 4.69) is 20.4 Å². The van der Waals surface area contributed by atoms with E-state index in [9.17, 15) is 15.3 Å². The first-order chi connectivity index (χ1) is 10.5. The Morgan fingerprint density at radius 2 is 1.87 bits per heavy atom. The van der Waals surface area contributed by atoms with E-state index < -0.39 is 11.2 Å². The highest BCUT2D eigenvalue weighted by Crippen LogP contribution is 2.63. The summed E-state index contributed by atoms with van der Waals surface area (Å²) < 4.78 is 0. The molecule has 2 fully saturated rings. The number of hydrogen-bond donors (Lipinski definition) is 3. The molecule has 0 saturated heterocycles. The standard InChI is InChI=1S/C20H36O3/c1-6-18(3,22)12-8-16-19(4)11-7-10-17(2,14-21)15(19)9-13-20(16,5)23/h6,15-16,21-23H,1,7-14H2,2-5H3/t15-,16+,17-,18-,19-,20+/m0/s1. The third-order valence-electron chi connectivity index (χ3n) is 7.33. The van der Waals surface area contributed by atoms with Crippen molar-refractivity contribution in [3.8, 4) is 0 Å². The van der Waals surface area contributed by atoms with Crippen molar-refractivity contribution in [2.45, 2.75) is 83.8 Å². The molecule has 0 radical (unpaired) electrons. The molecule has 0 heterocycles. The van der Waals surface area contributed by atoms with Gasteiger partial charge in [-0.1, -0.05) is 26.3 Å². The molecule has 23 heavy (non-hydrogen) atoms. The topological polar surface area (TPSA) is 60.7 Å². The van der Waals surface area contributed by atoms with Gasteiger partial charge in [-0.05, 0) is 75.0 Å². The smallest absolute Gasteiger partial charge is 0.0797 e. The van der Waals surface area contributed by atoms with Gasteiger partial charge in [0.15, 0.2) is 0 Å². The van der Waals surface area contributed by atoms with Crippen LogP contribution in [0.25, 0.3) is 0 Å². The van der Waals surface area contributed by atoms with E-state index in [0.717, 1.165) is 38.5 Å². The van der Waals surface area contributed by atoms with Crippen molar-refractivity contribution < 1.29 is 15.3 Å². The van der Waals surface area contributed by atoms with Crippen LogP contribution in [0.15, 0.2) is 12.7 Å². The third-order valence-corrected chi connectivity index (χ3v) is 7.33. The zero-order chi connectivity index (χ0) is 17.5. The fourth-order valence-corrected chi connectivity index (χ4v) is 5.80. The van der Waals surface area contributed by atoms with Gasteiger partial charge in [0.25, 0.3) is 0 Å². The van der Waals surface area contributed by atoms with Crippen LogP contribution in [0, 0.1) is 22.7 Å². The second-order valence-corrected chi connectivity index (χ2v) is 9.27. The summed E-state index contributed by atoms with van der Waals surface area (Å²) in [5.41, 5.74) is -1.60. The van der Waals surface area contributed by atoms with E-state index >= 15 is 0 Å². The second kappa shape index (κ2) is 6.16. The summed E-state index contributed by atoms with van der Waals surface area (Å²) in [6.07, 6.45) is 8.06. The van der Waals surface area contributed by atoms with Gasteiger partial charge in [-0.2, -0.15) is 0 Å². The maximum Gasteiger partial charge on any atom is 0.0797 e. The van der Waals surface area contributed by atoms with Gasteiger partial charge in [-0.3, -0.25) is 0 Å². The largest absolute Gasteiger partial charge is 0.396 e. The normalized spacial score (nSPS) is 46.7. The summed E-state index contributed by atoms with van der Waals surface area (Å²) in [7, 11) is 0. The van der Waals surface area contributed by atoms with Gasteiger partial charge in [0.1, 0.15) is 0 Å². The van der Waals surface area contributed by atoms with E-state index in [-0.39, 0.29) is 23.4 Å². The molecule has 3 heteroatoms. The SMILES string of the molecule is C=C[C@](C)(O)CC[C@@H]1[C@@]2(C)CCC[C@@](C)(CO)[C@@H]2CC[C@@]1(C)O. The monoisotopic (exact) mass is 324 g/mol. The first-order valence-electron chi connectivity index (χ1n) is 9.20. The van der Waals surface area contributed by atoms with Gasteiger partial charge < -0.3 is 15.3 Å².